The molecule has 0 radical (unpaired) electrons. The van der Waals surface area contributed by atoms with Gasteiger partial charge in [-0.25, -0.2) is 4.79 Å². The highest BCUT2D eigenvalue weighted by Gasteiger charge is 2.32. The maximum atomic E-state index is 12.3. The Morgan fingerprint density at radius 3 is 2.70 bits per heavy atom. The maximum absolute atomic E-state index is 12.3. The summed E-state index contributed by atoms with van der Waals surface area (Å²) in [7, 11) is 0. The van der Waals surface area contributed by atoms with E-state index in [-0.39, 0.29) is 11.9 Å². The molecule has 128 valence electrons. The van der Waals surface area contributed by atoms with Gasteiger partial charge < -0.3 is 10.6 Å². The molecule has 2 heterocycles. The Labute approximate surface area is 133 Å². The maximum Gasteiger partial charge on any atom is 0.401 e. The molecule has 5 nitrogen and oxygen atoms in total. The van der Waals surface area contributed by atoms with Gasteiger partial charge in [0.05, 0.1) is 6.54 Å². The summed E-state index contributed by atoms with van der Waals surface area (Å²) < 4.78 is 36.9. The van der Waals surface area contributed by atoms with Crippen molar-refractivity contribution in [1.82, 2.24) is 15.2 Å². The van der Waals surface area contributed by atoms with Gasteiger partial charge in [-0.05, 0) is 50.9 Å². The van der Waals surface area contributed by atoms with E-state index in [2.05, 4.69) is 15.6 Å². The molecule has 1 aromatic rings. The van der Waals surface area contributed by atoms with E-state index in [0.717, 1.165) is 5.69 Å². The van der Waals surface area contributed by atoms with Crippen LogP contribution in [0.1, 0.15) is 18.5 Å². The lowest BCUT2D eigenvalue weighted by Crippen LogP contribution is -2.43. The summed E-state index contributed by atoms with van der Waals surface area (Å²) in [6.07, 6.45) is -1.22. The molecule has 0 atom stereocenters. The molecule has 23 heavy (non-hydrogen) atoms. The summed E-state index contributed by atoms with van der Waals surface area (Å²) in [6, 6.07) is 3.14. The molecule has 0 aromatic carbocycles. The first-order valence-corrected chi connectivity index (χ1v) is 7.58. The fourth-order valence-electron chi connectivity index (χ4n) is 2.64. The third kappa shape index (κ3) is 6.43. The molecule has 1 aliphatic rings. The second-order valence-corrected chi connectivity index (χ2v) is 5.86. The zero-order valence-corrected chi connectivity index (χ0v) is 13.0. The van der Waals surface area contributed by atoms with E-state index in [9.17, 15) is 18.0 Å². The van der Waals surface area contributed by atoms with Crippen LogP contribution in [0, 0.1) is 12.8 Å². The summed E-state index contributed by atoms with van der Waals surface area (Å²) in [5.41, 5.74) is 1.47. The van der Waals surface area contributed by atoms with E-state index >= 15 is 0 Å². The van der Waals surface area contributed by atoms with E-state index in [0.29, 0.717) is 38.2 Å². The Kier molecular flexibility index (Phi) is 5.81. The minimum absolute atomic E-state index is 0.212. The standard InChI is InChI=1S/C15H21F3N4O/c1-11-8-13(2-5-19-11)21-14(23)20-9-12-3-6-22(7-4-12)10-15(16,17)18/h2,5,8,12H,3-4,6-7,9-10H2,1H3,(H2,19,20,21,23). The largest absolute Gasteiger partial charge is 0.401 e. The zero-order chi connectivity index (χ0) is 16.9. The number of halogens is 3. The second-order valence-electron chi connectivity index (χ2n) is 5.86. The number of nitrogens with zero attached hydrogens (tertiary/aromatic N) is 2. The molecule has 2 N–H and O–H groups in total. The van der Waals surface area contributed by atoms with Crippen LogP contribution in [-0.2, 0) is 0 Å². The highest BCUT2D eigenvalue weighted by molar-refractivity contribution is 5.89. The molecule has 2 rings (SSSR count). The lowest BCUT2D eigenvalue weighted by atomic mass is 9.97. The number of hydrogen-bond donors (Lipinski definition) is 2. The summed E-state index contributed by atoms with van der Waals surface area (Å²) in [6.45, 7) is 2.27. The van der Waals surface area contributed by atoms with Crippen molar-refractivity contribution in [2.75, 3.05) is 31.5 Å². The molecule has 0 unspecified atom stereocenters. The quantitative estimate of drug-likeness (QED) is 0.892. The van der Waals surface area contributed by atoms with Gasteiger partial charge in [0, 0.05) is 24.1 Å². The van der Waals surface area contributed by atoms with Crippen LogP contribution < -0.4 is 10.6 Å². The number of anilines is 1. The van der Waals surface area contributed by atoms with Crippen molar-refractivity contribution in [2.45, 2.75) is 25.9 Å². The van der Waals surface area contributed by atoms with E-state index in [1.54, 1.807) is 18.3 Å². The topological polar surface area (TPSA) is 57.3 Å². The molecule has 2 amide bonds. The molecule has 8 heteroatoms. The number of alkyl halides is 3. The van der Waals surface area contributed by atoms with Gasteiger partial charge in [-0.15, -0.1) is 0 Å². The number of pyridine rings is 1. The van der Waals surface area contributed by atoms with E-state index in [4.69, 9.17) is 0 Å². The van der Waals surface area contributed by atoms with Crippen LogP contribution in [0.5, 0.6) is 0 Å². The smallest absolute Gasteiger partial charge is 0.338 e. The van der Waals surface area contributed by atoms with Crippen LogP contribution in [0.25, 0.3) is 0 Å². The SMILES string of the molecule is Cc1cc(NC(=O)NCC2CCN(CC(F)(F)F)CC2)ccn1. The molecule has 0 bridgehead atoms. The second kappa shape index (κ2) is 7.63. The lowest BCUT2D eigenvalue weighted by molar-refractivity contribution is -0.148. The molecule has 0 saturated carbocycles. The number of likely N-dealkylation sites (tertiary alicyclic amines) is 1. The Bertz CT molecular complexity index is 528. The van der Waals surface area contributed by atoms with Crippen LogP contribution in [0.3, 0.4) is 0 Å². The minimum Gasteiger partial charge on any atom is -0.338 e. The highest BCUT2D eigenvalue weighted by atomic mass is 19.4. The molecular weight excluding hydrogens is 309 g/mol. The molecule has 1 aliphatic heterocycles. The molecule has 1 aromatic heterocycles. The minimum atomic E-state index is -4.15. The predicted octanol–water partition coefficient (Wildman–Crippen LogP) is 2.79. The van der Waals surface area contributed by atoms with Crippen LogP contribution in [-0.4, -0.2) is 48.3 Å². The van der Waals surface area contributed by atoms with Gasteiger partial charge >= 0.3 is 12.2 Å². The number of rotatable bonds is 4. The van der Waals surface area contributed by atoms with Crippen LogP contribution in [0.2, 0.25) is 0 Å². The van der Waals surface area contributed by atoms with Crippen LogP contribution >= 0.6 is 0 Å². The normalized spacial score (nSPS) is 17.0. The van der Waals surface area contributed by atoms with Crippen LogP contribution in [0.4, 0.5) is 23.7 Å². The third-order valence-electron chi connectivity index (χ3n) is 3.82. The fourth-order valence-corrected chi connectivity index (χ4v) is 2.64. The Hall–Kier alpha value is -1.83. The van der Waals surface area contributed by atoms with Crippen molar-refractivity contribution >= 4 is 11.7 Å². The summed E-state index contributed by atoms with van der Waals surface area (Å²) in [5, 5.41) is 5.49. The van der Waals surface area contributed by atoms with Gasteiger partial charge in [0.25, 0.3) is 0 Å². The van der Waals surface area contributed by atoms with Crippen molar-refractivity contribution in [1.29, 1.82) is 0 Å². The monoisotopic (exact) mass is 330 g/mol. The average molecular weight is 330 g/mol. The zero-order valence-electron chi connectivity index (χ0n) is 13.0. The first-order chi connectivity index (χ1) is 10.8. The summed E-state index contributed by atoms with van der Waals surface area (Å²) in [5.74, 6) is 0.212. The van der Waals surface area contributed by atoms with Gasteiger partial charge in [0.2, 0.25) is 0 Å². The number of urea groups is 1. The Morgan fingerprint density at radius 2 is 2.09 bits per heavy atom. The number of hydrogen-bond acceptors (Lipinski definition) is 3. The number of aromatic nitrogens is 1. The van der Waals surface area contributed by atoms with E-state index in [1.807, 2.05) is 6.92 Å². The number of piperidine rings is 1. The highest BCUT2D eigenvalue weighted by Crippen LogP contribution is 2.22. The average Bonchev–Trinajstić information content (AvgIpc) is 2.45. The van der Waals surface area contributed by atoms with Gasteiger partial charge in [-0.1, -0.05) is 0 Å². The fraction of sp³-hybridized carbons (Fsp3) is 0.600. The third-order valence-corrected chi connectivity index (χ3v) is 3.82. The van der Waals surface area contributed by atoms with Gasteiger partial charge in [-0.2, -0.15) is 13.2 Å². The van der Waals surface area contributed by atoms with Crippen molar-refractivity contribution in [2.24, 2.45) is 5.92 Å². The number of nitrogens with one attached hydrogen (secondary N) is 2. The number of carbonyl (C=O) groups excluding carboxylic acids is 1. The molecular formula is C15H21F3N4O. The Morgan fingerprint density at radius 1 is 1.39 bits per heavy atom. The number of carbonyl (C=O) groups is 1. The lowest BCUT2D eigenvalue weighted by Gasteiger charge is -2.32. The first-order valence-electron chi connectivity index (χ1n) is 7.58. The van der Waals surface area contributed by atoms with E-state index < -0.39 is 12.7 Å². The van der Waals surface area contributed by atoms with Crippen molar-refractivity contribution in [3.63, 3.8) is 0 Å². The molecule has 1 fully saturated rings. The Balaban J connectivity index is 1.68. The first kappa shape index (κ1) is 17.5. The molecule has 0 aliphatic carbocycles. The van der Waals surface area contributed by atoms with Gasteiger partial charge in [0.15, 0.2) is 0 Å². The van der Waals surface area contributed by atoms with Crippen LogP contribution in [0.15, 0.2) is 18.3 Å². The van der Waals surface area contributed by atoms with E-state index in [1.165, 1.54) is 4.90 Å². The molecule has 0 spiro atoms. The van der Waals surface area contributed by atoms with Gasteiger partial charge in [0.1, 0.15) is 0 Å². The summed E-state index contributed by atoms with van der Waals surface area (Å²) in [4.78, 5) is 17.3. The number of amides is 2. The van der Waals surface area contributed by atoms with Crippen molar-refractivity contribution < 1.29 is 18.0 Å². The number of aryl methyl sites for hydroxylation is 1. The molecule has 1 saturated heterocycles. The summed E-state index contributed by atoms with van der Waals surface area (Å²) >= 11 is 0. The van der Waals surface area contributed by atoms with Crippen molar-refractivity contribution in [3.8, 4) is 0 Å². The van der Waals surface area contributed by atoms with Crippen molar-refractivity contribution in [3.05, 3.63) is 24.0 Å². The van der Waals surface area contributed by atoms with Gasteiger partial charge in [-0.3, -0.25) is 9.88 Å². The predicted molar refractivity (Wildman–Crippen MR) is 81.2 cm³/mol.